The van der Waals surface area contributed by atoms with E-state index in [1.807, 2.05) is 32.0 Å². The second-order valence-corrected chi connectivity index (χ2v) is 8.85. The molecule has 0 spiro atoms. The highest BCUT2D eigenvalue weighted by Gasteiger charge is 2.30. The third-order valence-corrected chi connectivity index (χ3v) is 5.29. The van der Waals surface area contributed by atoms with E-state index in [2.05, 4.69) is 13.8 Å². The Hall–Kier alpha value is -3.68. The Kier molecular flexibility index (Phi) is 12.0. The molecule has 0 radical (unpaired) electrons. The van der Waals surface area contributed by atoms with Crippen molar-refractivity contribution >= 4 is 5.97 Å². The molecule has 3 aromatic carbocycles. The van der Waals surface area contributed by atoms with Gasteiger partial charge in [0, 0.05) is 12.8 Å². The zero-order valence-corrected chi connectivity index (χ0v) is 22.2. The maximum Gasteiger partial charge on any atom is 0.416 e. The molecule has 0 saturated heterocycles. The molecule has 8 heteroatoms. The smallest absolute Gasteiger partial charge is 0.416 e. The highest BCUT2D eigenvalue weighted by Crippen LogP contribution is 2.31. The monoisotopic (exact) mass is 532 g/mol. The summed E-state index contributed by atoms with van der Waals surface area (Å²) in [5.41, 5.74) is 1.25. The summed E-state index contributed by atoms with van der Waals surface area (Å²) in [6.45, 7) is 8.56. The Morgan fingerprint density at radius 1 is 0.895 bits per heavy atom. The van der Waals surface area contributed by atoms with Gasteiger partial charge in [0.05, 0.1) is 18.3 Å². The van der Waals surface area contributed by atoms with E-state index in [1.54, 1.807) is 24.3 Å². The maximum atomic E-state index is 12.7. The average molecular weight is 533 g/mol. The summed E-state index contributed by atoms with van der Waals surface area (Å²) in [5, 5.41) is 8.82. The highest BCUT2D eigenvalue weighted by molar-refractivity contribution is 5.67. The molecule has 0 fully saturated rings. The number of halogens is 3. The van der Waals surface area contributed by atoms with E-state index in [4.69, 9.17) is 19.3 Å². The number of alkyl halides is 3. The molecule has 38 heavy (non-hydrogen) atoms. The first-order valence-electron chi connectivity index (χ1n) is 12.6. The normalized spacial score (nSPS) is 11.7. The molecule has 3 aromatic rings. The molecule has 0 aliphatic heterocycles. The first-order chi connectivity index (χ1) is 18.0. The van der Waals surface area contributed by atoms with Gasteiger partial charge in [0.2, 0.25) is 0 Å². The topological polar surface area (TPSA) is 65.0 Å². The number of hydrogen-bond acceptors (Lipinski definition) is 4. The Morgan fingerprint density at radius 3 is 1.95 bits per heavy atom. The van der Waals surface area contributed by atoms with E-state index < -0.39 is 17.7 Å². The summed E-state index contributed by atoms with van der Waals surface area (Å²) in [7, 11) is 0. The van der Waals surface area contributed by atoms with Crippen molar-refractivity contribution in [2.24, 2.45) is 0 Å². The van der Waals surface area contributed by atoms with Crippen LogP contribution in [0.25, 0.3) is 0 Å². The summed E-state index contributed by atoms with van der Waals surface area (Å²) in [4.78, 5) is 10.7. The van der Waals surface area contributed by atoms with E-state index >= 15 is 0 Å². The van der Waals surface area contributed by atoms with Gasteiger partial charge in [-0.25, -0.2) is 0 Å². The molecule has 0 bridgehead atoms. The van der Waals surface area contributed by atoms with Crippen LogP contribution in [0, 0.1) is 6.92 Å². The zero-order valence-electron chi connectivity index (χ0n) is 22.2. The first kappa shape index (κ1) is 30.5. The van der Waals surface area contributed by atoms with Gasteiger partial charge in [0.1, 0.15) is 23.0 Å². The molecule has 1 atom stereocenters. The minimum absolute atomic E-state index is 0.0953. The summed E-state index contributed by atoms with van der Waals surface area (Å²) < 4.78 is 55.3. The average Bonchev–Trinajstić information content (AvgIpc) is 2.85. The van der Waals surface area contributed by atoms with E-state index in [9.17, 15) is 18.0 Å². The lowest BCUT2D eigenvalue weighted by atomic mass is 10.0. The largest absolute Gasteiger partial charge is 0.493 e. The number of carboxylic acids is 1. The van der Waals surface area contributed by atoms with E-state index in [0.717, 1.165) is 29.0 Å². The zero-order chi connectivity index (χ0) is 28.1. The van der Waals surface area contributed by atoms with E-state index in [-0.39, 0.29) is 12.5 Å². The molecular formula is C30H35F3O5. The van der Waals surface area contributed by atoms with E-state index in [0.29, 0.717) is 36.7 Å². The van der Waals surface area contributed by atoms with Crippen molar-refractivity contribution in [1.82, 2.24) is 0 Å². The van der Waals surface area contributed by atoms with Gasteiger partial charge in [-0.15, -0.1) is 0 Å². The van der Waals surface area contributed by atoms with Crippen LogP contribution in [0.1, 0.15) is 56.7 Å². The molecule has 0 aliphatic rings. The molecule has 3 rings (SSSR count). The van der Waals surface area contributed by atoms with Crippen LogP contribution in [0.3, 0.4) is 0 Å². The number of ether oxygens (including phenoxy) is 3. The van der Waals surface area contributed by atoms with Crippen LogP contribution in [0.4, 0.5) is 13.2 Å². The summed E-state index contributed by atoms with van der Waals surface area (Å²) in [5.74, 6) is 1.33. The molecule has 0 saturated carbocycles. The molecule has 5 nitrogen and oxygen atoms in total. The van der Waals surface area contributed by atoms with Crippen molar-refractivity contribution in [2.75, 3.05) is 6.61 Å². The predicted molar refractivity (Wildman–Crippen MR) is 141 cm³/mol. The van der Waals surface area contributed by atoms with Crippen LogP contribution in [-0.2, 0) is 17.4 Å². The van der Waals surface area contributed by atoms with Crippen LogP contribution in [0.5, 0.6) is 23.0 Å². The molecule has 0 aliphatic carbocycles. The van der Waals surface area contributed by atoms with Gasteiger partial charge >= 0.3 is 12.1 Å². The minimum Gasteiger partial charge on any atom is -0.493 e. The van der Waals surface area contributed by atoms with Crippen LogP contribution < -0.4 is 14.2 Å². The van der Waals surface area contributed by atoms with Gasteiger partial charge in [0.15, 0.2) is 0 Å². The minimum atomic E-state index is -4.38. The van der Waals surface area contributed by atoms with Crippen LogP contribution >= 0.6 is 0 Å². The van der Waals surface area contributed by atoms with Gasteiger partial charge in [-0.3, -0.25) is 4.79 Å². The third-order valence-electron chi connectivity index (χ3n) is 5.29. The molecule has 0 heterocycles. The Labute approximate surface area is 222 Å². The second-order valence-electron chi connectivity index (χ2n) is 8.85. The lowest BCUT2D eigenvalue weighted by Crippen LogP contribution is -2.15. The van der Waals surface area contributed by atoms with Crippen molar-refractivity contribution in [1.29, 1.82) is 0 Å². The molecule has 0 amide bonds. The number of carbonyl (C=O) groups is 1. The van der Waals surface area contributed by atoms with Gasteiger partial charge in [-0.1, -0.05) is 26.3 Å². The Balaban J connectivity index is 0.00000161. The van der Waals surface area contributed by atoms with Crippen molar-refractivity contribution in [2.45, 2.75) is 65.7 Å². The third kappa shape index (κ3) is 10.7. The predicted octanol–water partition coefficient (Wildman–Crippen LogP) is 8.48. The highest BCUT2D eigenvalue weighted by atomic mass is 19.4. The molecule has 206 valence electrons. The maximum absolute atomic E-state index is 12.7. The Morgan fingerprint density at radius 2 is 1.42 bits per heavy atom. The second kappa shape index (κ2) is 14.9. The number of aliphatic carboxylic acids is 1. The Bertz CT molecular complexity index is 1130. The van der Waals surface area contributed by atoms with Gasteiger partial charge in [-0.2, -0.15) is 13.2 Å². The lowest BCUT2D eigenvalue weighted by molar-refractivity contribution is -0.138. The molecule has 1 unspecified atom stereocenters. The van der Waals surface area contributed by atoms with Crippen molar-refractivity contribution in [3.63, 3.8) is 0 Å². The standard InChI is InChI=1S/C27H27F3O5.C3H8/c1-18-17-25(7-3-20(18)4-14-26(31)32)33-16-15-19(2)34-22-10-12-24(13-11-22)35-23-8-5-21(6-9-23)27(28,29)30;1-3-2/h3,5-13,17,19H,4,14-16H2,1-2H3,(H,31,32);3H2,1-2H3. The quantitative estimate of drug-likeness (QED) is 0.268. The van der Waals surface area contributed by atoms with Crippen LogP contribution in [0.2, 0.25) is 0 Å². The SMILES string of the molecule is CCC.Cc1cc(OCCC(C)Oc2ccc(Oc3ccc(C(F)(F)F)cc3)cc2)ccc1CCC(=O)O. The molecular weight excluding hydrogens is 497 g/mol. The number of rotatable bonds is 11. The fraction of sp³-hybridized carbons (Fsp3) is 0.367. The number of carboxylic acid groups (broad SMARTS) is 1. The van der Waals surface area contributed by atoms with Gasteiger partial charge in [0.25, 0.3) is 0 Å². The van der Waals surface area contributed by atoms with Crippen molar-refractivity contribution < 1.29 is 37.3 Å². The fourth-order valence-corrected chi connectivity index (χ4v) is 3.35. The number of aryl methyl sites for hydroxylation is 2. The molecule has 0 aromatic heterocycles. The number of benzene rings is 3. The first-order valence-corrected chi connectivity index (χ1v) is 12.6. The van der Waals surface area contributed by atoms with E-state index in [1.165, 1.54) is 18.6 Å². The van der Waals surface area contributed by atoms with Crippen molar-refractivity contribution in [3.8, 4) is 23.0 Å². The molecule has 1 N–H and O–H groups in total. The fourth-order valence-electron chi connectivity index (χ4n) is 3.35. The van der Waals surface area contributed by atoms with Crippen LogP contribution in [-0.4, -0.2) is 23.8 Å². The van der Waals surface area contributed by atoms with Crippen molar-refractivity contribution in [3.05, 3.63) is 83.4 Å². The summed E-state index contributed by atoms with van der Waals surface area (Å²) >= 11 is 0. The lowest BCUT2D eigenvalue weighted by Gasteiger charge is -2.16. The van der Waals surface area contributed by atoms with Gasteiger partial charge < -0.3 is 19.3 Å². The number of hydrogen-bond donors (Lipinski definition) is 1. The summed E-state index contributed by atoms with van der Waals surface area (Å²) in [6.07, 6.45) is -2.03. The van der Waals surface area contributed by atoms with Gasteiger partial charge in [-0.05, 0) is 92.1 Å². The summed E-state index contributed by atoms with van der Waals surface area (Å²) in [6, 6.07) is 17.0. The van der Waals surface area contributed by atoms with Crippen LogP contribution in [0.15, 0.2) is 66.7 Å².